The van der Waals surface area contributed by atoms with E-state index in [0.29, 0.717) is 16.7 Å². The molecule has 0 unspecified atom stereocenters. The molecule has 0 aliphatic heterocycles. The number of rotatable bonds is 4. The molecule has 0 aliphatic rings. The Labute approximate surface area is 150 Å². The molecule has 0 radical (unpaired) electrons. The maximum Gasteiger partial charge on any atom is 0.273 e. The molecule has 2 rings (SSSR count). The number of nitro benzene ring substituents is 1. The van der Waals surface area contributed by atoms with E-state index >= 15 is 0 Å². The third kappa shape index (κ3) is 4.24. The molecule has 132 valence electrons. The van der Waals surface area contributed by atoms with E-state index in [-0.39, 0.29) is 23.7 Å². The Morgan fingerprint density at radius 2 is 1.77 bits per heavy atom. The van der Waals surface area contributed by atoms with E-state index in [1.807, 2.05) is 0 Å². The highest BCUT2D eigenvalue weighted by Crippen LogP contribution is 2.20. The molecule has 0 fully saturated rings. The summed E-state index contributed by atoms with van der Waals surface area (Å²) in [4.78, 5) is 34.4. The van der Waals surface area contributed by atoms with Gasteiger partial charge in [0.05, 0.1) is 17.0 Å². The van der Waals surface area contributed by atoms with Gasteiger partial charge >= 0.3 is 0 Å². The van der Waals surface area contributed by atoms with Crippen molar-refractivity contribution in [2.45, 2.75) is 6.92 Å². The van der Waals surface area contributed by atoms with Gasteiger partial charge in [0.15, 0.2) is 0 Å². The van der Waals surface area contributed by atoms with Gasteiger partial charge in [-0.1, -0.05) is 30.0 Å². The smallest absolute Gasteiger partial charge is 0.273 e. The first kappa shape index (κ1) is 18.7. The molecule has 0 aliphatic carbocycles. The van der Waals surface area contributed by atoms with Crippen molar-refractivity contribution in [2.24, 2.45) is 0 Å². The second-order valence-corrected chi connectivity index (χ2v) is 5.32. The summed E-state index contributed by atoms with van der Waals surface area (Å²) in [6.07, 6.45) is 0. The minimum atomic E-state index is -0.526. The summed E-state index contributed by atoms with van der Waals surface area (Å²) in [7, 11) is 1.54. The Bertz CT molecular complexity index is 926. The Kier molecular flexibility index (Phi) is 6.06. The second kappa shape index (κ2) is 8.44. The monoisotopic (exact) mass is 351 g/mol. The summed E-state index contributed by atoms with van der Waals surface area (Å²) in [5.41, 5.74) is 1.42. The van der Waals surface area contributed by atoms with Crippen LogP contribution in [0, 0.1) is 28.9 Å². The Morgan fingerprint density at radius 3 is 2.46 bits per heavy atom. The molecular weight excluding hydrogens is 334 g/mol. The summed E-state index contributed by atoms with van der Waals surface area (Å²) in [6.45, 7) is 1.57. The normalized spacial score (nSPS) is 9.62. The molecule has 0 saturated heterocycles. The summed E-state index contributed by atoms with van der Waals surface area (Å²) in [5.74, 6) is 4.94. The number of nitrogens with zero attached hydrogens (tertiary/aromatic N) is 1. The van der Waals surface area contributed by atoms with Crippen molar-refractivity contribution in [3.63, 3.8) is 0 Å². The van der Waals surface area contributed by atoms with Crippen LogP contribution >= 0.6 is 0 Å². The van der Waals surface area contributed by atoms with Crippen LogP contribution in [0.15, 0.2) is 42.5 Å². The van der Waals surface area contributed by atoms with Gasteiger partial charge in [0.2, 0.25) is 0 Å². The molecule has 0 heterocycles. The first-order valence-corrected chi connectivity index (χ1v) is 7.78. The van der Waals surface area contributed by atoms with E-state index in [9.17, 15) is 19.7 Å². The summed E-state index contributed by atoms with van der Waals surface area (Å²) in [5, 5.41) is 16.1. The molecule has 0 bridgehead atoms. The molecule has 2 amide bonds. The SMILES string of the molecule is CNC(=O)c1ccccc1C#CCNC(=O)c1cccc([N+](=O)[O-])c1C. The first-order chi connectivity index (χ1) is 12.5. The topological polar surface area (TPSA) is 101 Å². The molecule has 2 N–H and O–H groups in total. The highest BCUT2D eigenvalue weighted by Gasteiger charge is 2.17. The van der Waals surface area contributed by atoms with Crippen LogP contribution in [-0.4, -0.2) is 30.3 Å². The summed E-state index contributed by atoms with van der Waals surface area (Å²) >= 11 is 0. The van der Waals surface area contributed by atoms with Crippen LogP contribution in [0.4, 0.5) is 5.69 Å². The fourth-order valence-electron chi connectivity index (χ4n) is 2.35. The number of benzene rings is 2. The molecule has 7 heteroatoms. The molecule has 2 aromatic carbocycles. The molecule has 0 aromatic heterocycles. The maximum absolute atomic E-state index is 12.2. The molecular formula is C19H17N3O4. The first-order valence-electron chi connectivity index (χ1n) is 7.78. The number of carbonyl (C=O) groups excluding carboxylic acids is 2. The van der Waals surface area contributed by atoms with Crippen molar-refractivity contribution < 1.29 is 14.5 Å². The van der Waals surface area contributed by atoms with Gasteiger partial charge in [0.1, 0.15) is 0 Å². The van der Waals surface area contributed by atoms with Crippen molar-refractivity contribution in [3.05, 3.63) is 74.8 Å². The van der Waals surface area contributed by atoms with E-state index in [1.165, 1.54) is 32.2 Å². The predicted molar refractivity (Wildman–Crippen MR) is 96.9 cm³/mol. The maximum atomic E-state index is 12.2. The van der Waals surface area contributed by atoms with Crippen molar-refractivity contribution in [3.8, 4) is 11.8 Å². The van der Waals surface area contributed by atoms with Gasteiger partial charge in [-0.25, -0.2) is 0 Å². The van der Waals surface area contributed by atoms with Gasteiger partial charge in [-0.05, 0) is 25.1 Å². The van der Waals surface area contributed by atoms with Crippen molar-refractivity contribution in [1.82, 2.24) is 10.6 Å². The number of nitrogens with one attached hydrogen (secondary N) is 2. The Hall–Kier alpha value is -3.66. The fraction of sp³-hybridized carbons (Fsp3) is 0.158. The van der Waals surface area contributed by atoms with Gasteiger partial charge in [-0.2, -0.15) is 0 Å². The van der Waals surface area contributed by atoms with Gasteiger partial charge < -0.3 is 10.6 Å². The van der Waals surface area contributed by atoms with Crippen molar-refractivity contribution in [2.75, 3.05) is 13.6 Å². The van der Waals surface area contributed by atoms with Crippen LogP contribution in [0.5, 0.6) is 0 Å². The number of amides is 2. The van der Waals surface area contributed by atoms with Crippen LogP contribution in [-0.2, 0) is 0 Å². The van der Waals surface area contributed by atoms with Crippen LogP contribution in [0.3, 0.4) is 0 Å². The Morgan fingerprint density at radius 1 is 1.08 bits per heavy atom. The summed E-state index contributed by atoms with van der Waals surface area (Å²) < 4.78 is 0. The lowest BCUT2D eigenvalue weighted by molar-refractivity contribution is -0.385. The number of hydrogen-bond donors (Lipinski definition) is 2. The Balaban J connectivity index is 2.10. The van der Waals surface area contributed by atoms with Gasteiger partial charge in [0, 0.05) is 29.8 Å². The van der Waals surface area contributed by atoms with E-state index in [4.69, 9.17) is 0 Å². The molecule has 0 atom stereocenters. The molecule has 26 heavy (non-hydrogen) atoms. The zero-order chi connectivity index (χ0) is 19.1. The third-order valence-electron chi connectivity index (χ3n) is 3.71. The largest absolute Gasteiger partial charge is 0.355 e. The zero-order valence-electron chi connectivity index (χ0n) is 14.3. The van der Waals surface area contributed by atoms with Crippen LogP contribution in [0.25, 0.3) is 0 Å². The lowest BCUT2D eigenvalue weighted by Gasteiger charge is -2.05. The summed E-state index contributed by atoms with van der Waals surface area (Å²) in [6, 6.07) is 11.2. The lowest BCUT2D eigenvalue weighted by atomic mass is 10.1. The van der Waals surface area contributed by atoms with Gasteiger partial charge in [-0.3, -0.25) is 19.7 Å². The van der Waals surface area contributed by atoms with Crippen molar-refractivity contribution in [1.29, 1.82) is 0 Å². The minimum absolute atomic E-state index is 0.0447. The predicted octanol–water partition coefficient (Wildman–Crippen LogP) is 2.04. The standard InChI is InChI=1S/C19H17N3O4/c1-13-15(10-5-11-17(13)22(25)26)19(24)21-12-6-8-14-7-3-4-9-16(14)18(23)20-2/h3-5,7,9-11H,12H2,1-2H3,(H,20,23)(H,21,24). The number of hydrogen-bond acceptors (Lipinski definition) is 4. The van der Waals surface area contributed by atoms with E-state index in [2.05, 4.69) is 22.5 Å². The number of nitro groups is 1. The van der Waals surface area contributed by atoms with E-state index in [0.717, 1.165) is 0 Å². The van der Waals surface area contributed by atoms with E-state index in [1.54, 1.807) is 24.3 Å². The van der Waals surface area contributed by atoms with Gasteiger partial charge in [-0.15, -0.1) is 0 Å². The minimum Gasteiger partial charge on any atom is -0.355 e. The van der Waals surface area contributed by atoms with Crippen LogP contribution in [0.1, 0.15) is 31.8 Å². The third-order valence-corrected chi connectivity index (χ3v) is 3.71. The molecule has 7 nitrogen and oxygen atoms in total. The van der Waals surface area contributed by atoms with Crippen LogP contribution < -0.4 is 10.6 Å². The van der Waals surface area contributed by atoms with Gasteiger partial charge in [0.25, 0.3) is 17.5 Å². The molecule has 2 aromatic rings. The zero-order valence-corrected chi connectivity index (χ0v) is 14.3. The number of carbonyl (C=O) groups is 2. The van der Waals surface area contributed by atoms with Crippen LogP contribution in [0.2, 0.25) is 0 Å². The molecule has 0 saturated carbocycles. The average molecular weight is 351 g/mol. The fourth-order valence-corrected chi connectivity index (χ4v) is 2.35. The quantitative estimate of drug-likeness (QED) is 0.500. The lowest BCUT2D eigenvalue weighted by Crippen LogP contribution is -2.24. The second-order valence-electron chi connectivity index (χ2n) is 5.32. The highest BCUT2D eigenvalue weighted by atomic mass is 16.6. The van der Waals surface area contributed by atoms with E-state index < -0.39 is 10.8 Å². The highest BCUT2D eigenvalue weighted by molar-refractivity contribution is 5.97. The average Bonchev–Trinajstić information content (AvgIpc) is 2.64. The molecule has 0 spiro atoms. The van der Waals surface area contributed by atoms with Crippen molar-refractivity contribution >= 4 is 17.5 Å².